The fourth-order valence-corrected chi connectivity index (χ4v) is 4.78. The van der Waals surface area contributed by atoms with Gasteiger partial charge in [-0.25, -0.2) is 13.9 Å². The van der Waals surface area contributed by atoms with E-state index in [0.717, 1.165) is 19.4 Å². The first-order valence-corrected chi connectivity index (χ1v) is 11.1. The molecule has 33 heavy (non-hydrogen) atoms. The molecule has 4 heterocycles. The first-order valence-electron chi connectivity index (χ1n) is 11.1. The van der Waals surface area contributed by atoms with Crippen LogP contribution in [0.5, 0.6) is 0 Å². The Kier molecular flexibility index (Phi) is 4.61. The molecule has 5 atom stereocenters. The molecule has 10 nitrogen and oxygen atoms in total. The molecule has 11 heteroatoms. The highest BCUT2D eigenvalue weighted by Gasteiger charge is 2.46. The summed E-state index contributed by atoms with van der Waals surface area (Å²) in [4.78, 5) is 30.1. The third-order valence-electron chi connectivity index (χ3n) is 6.78. The molecule has 0 bridgehead atoms. The van der Waals surface area contributed by atoms with Gasteiger partial charge in [-0.2, -0.15) is 0 Å². The van der Waals surface area contributed by atoms with Crippen molar-refractivity contribution in [3.63, 3.8) is 0 Å². The zero-order valence-corrected chi connectivity index (χ0v) is 18.0. The van der Waals surface area contributed by atoms with E-state index in [2.05, 4.69) is 26.0 Å². The number of hydrogen-bond donors (Lipinski definition) is 3. The summed E-state index contributed by atoms with van der Waals surface area (Å²) in [5.41, 5.74) is 1.48. The molecule has 1 saturated heterocycles. The number of nitrogens with one attached hydrogen (secondary N) is 3. The number of nitrogens with zero attached hydrogens (tertiary/aromatic N) is 4. The van der Waals surface area contributed by atoms with Gasteiger partial charge in [0.2, 0.25) is 0 Å². The number of pyridine rings is 1. The van der Waals surface area contributed by atoms with Crippen LogP contribution in [0.2, 0.25) is 0 Å². The van der Waals surface area contributed by atoms with Crippen LogP contribution in [-0.2, 0) is 4.74 Å². The number of anilines is 3. The van der Waals surface area contributed by atoms with Gasteiger partial charge in [0.15, 0.2) is 17.2 Å². The number of carbonyl (C=O) groups is 1. The molecule has 3 fully saturated rings. The Balaban J connectivity index is 1.32. The molecule has 3 N–H and O–H groups in total. The lowest BCUT2D eigenvalue weighted by Crippen LogP contribution is -2.44. The highest BCUT2D eigenvalue weighted by Crippen LogP contribution is 2.45. The van der Waals surface area contributed by atoms with Crippen molar-refractivity contribution < 1.29 is 13.9 Å². The van der Waals surface area contributed by atoms with Crippen LogP contribution in [0.4, 0.5) is 21.6 Å². The van der Waals surface area contributed by atoms with E-state index in [1.807, 2.05) is 6.07 Å². The van der Waals surface area contributed by atoms with Crippen molar-refractivity contribution in [2.75, 3.05) is 24.3 Å². The van der Waals surface area contributed by atoms with Crippen molar-refractivity contribution in [1.82, 2.24) is 24.5 Å². The summed E-state index contributed by atoms with van der Waals surface area (Å²) in [6.07, 6.45) is 4.60. The van der Waals surface area contributed by atoms with Gasteiger partial charge in [-0.15, -0.1) is 5.10 Å². The second-order valence-corrected chi connectivity index (χ2v) is 8.85. The average Bonchev–Trinajstić information content (AvgIpc) is 3.16. The summed E-state index contributed by atoms with van der Waals surface area (Å²) >= 11 is 0. The molecule has 2 aliphatic carbocycles. The molecule has 0 radical (unpaired) electrons. The van der Waals surface area contributed by atoms with Gasteiger partial charge in [-0.05, 0) is 30.9 Å². The van der Waals surface area contributed by atoms with Gasteiger partial charge in [-0.1, -0.05) is 0 Å². The van der Waals surface area contributed by atoms with Crippen molar-refractivity contribution in [2.45, 2.75) is 43.6 Å². The summed E-state index contributed by atoms with van der Waals surface area (Å²) in [7, 11) is 1.73. The van der Waals surface area contributed by atoms with Gasteiger partial charge in [0.25, 0.3) is 11.5 Å². The molecule has 1 amide bonds. The molecule has 172 valence electrons. The van der Waals surface area contributed by atoms with Crippen LogP contribution in [0.25, 0.3) is 5.65 Å². The van der Waals surface area contributed by atoms with Crippen molar-refractivity contribution in [2.24, 2.45) is 5.92 Å². The van der Waals surface area contributed by atoms with Crippen LogP contribution in [0, 0.1) is 5.92 Å². The molecule has 0 spiro atoms. The predicted octanol–water partition coefficient (Wildman–Crippen LogP) is 1.87. The lowest BCUT2D eigenvalue weighted by Gasteiger charge is -2.40. The van der Waals surface area contributed by atoms with Crippen molar-refractivity contribution in [1.29, 1.82) is 0 Å². The number of imidazole rings is 1. The zero-order chi connectivity index (χ0) is 22.7. The lowest BCUT2D eigenvalue weighted by molar-refractivity contribution is -0.0195. The summed E-state index contributed by atoms with van der Waals surface area (Å²) in [6, 6.07) is 4.82. The minimum Gasteiger partial charge on any atom is -0.385 e. The van der Waals surface area contributed by atoms with Crippen molar-refractivity contribution in [3.05, 3.63) is 46.6 Å². The number of aromatic nitrogens is 4. The summed E-state index contributed by atoms with van der Waals surface area (Å²) in [5, 5.41) is 13.3. The molecular weight excluding hydrogens is 429 g/mol. The third-order valence-corrected chi connectivity index (χ3v) is 6.78. The van der Waals surface area contributed by atoms with E-state index in [4.69, 9.17) is 4.74 Å². The quantitative estimate of drug-likeness (QED) is 0.522. The highest BCUT2D eigenvalue weighted by atomic mass is 19.1. The highest BCUT2D eigenvalue weighted by molar-refractivity contribution is 5.94. The average molecular weight is 453 g/mol. The van der Waals surface area contributed by atoms with E-state index < -0.39 is 18.1 Å². The molecule has 3 aliphatic rings. The number of carbonyl (C=O) groups excluding carboxylic acids is 1. The fourth-order valence-electron chi connectivity index (χ4n) is 4.78. The molecule has 2 saturated carbocycles. The Labute approximate surface area is 188 Å². The Morgan fingerprint density at radius 1 is 1.30 bits per heavy atom. The van der Waals surface area contributed by atoms with E-state index in [-0.39, 0.29) is 23.4 Å². The molecule has 6 rings (SSSR count). The van der Waals surface area contributed by atoms with Gasteiger partial charge < -0.3 is 25.3 Å². The minimum atomic E-state index is -1.01. The van der Waals surface area contributed by atoms with Gasteiger partial charge in [0.05, 0.1) is 30.1 Å². The van der Waals surface area contributed by atoms with Crippen LogP contribution in [0.1, 0.15) is 35.8 Å². The Morgan fingerprint density at radius 2 is 2.15 bits per heavy atom. The maximum absolute atomic E-state index is 13.2. The number of rotatable bonds is 6. The van der Waals surface area contributed by atoms with Crippen LogP contribution in [-0.4, -0.2) is 57.0 Å². The third kappa shape index (κ3) is 3.34. The molecule has 0 unspecified atom stereocenters. The zero-order valence-electron chi connectivity index (χ0n) is 18.0. The SMILES string of the molecule is CNc1cc(Nc2cccn([C@H]3C[C@@H]4CCO[C@@H]43)c2=O)nn2c(C(=O)N[C@@H]3C[C@@H]3F)cnc12. The van der Waals surface area contributed by atoms with E-state index in [1.165, 1.54) is 10.7 Å². The van der Waals surface area contributed by atoms with E-state index in [9.17, 15) is 14.0 Å². The number of hydrogen-bond acceptors (Lipinski definition) is 7. The summed E-state index contributed by atoms with van der Waals surface area (Å²) < 4.78 is 22.2. The van der Waals surface area contributed by atoms with Crippen LogP contribution in [0.3, 0.4) is 0 Å². The summed E-state index contributed by atoms with van der Waals surface area (Å²) in [5.74, 6) is 0.458. The van der Waals surface area contributed by atoms with Crippen molar-refractivity contribution in [3.8, 4) is 0 Å². The van der Waals surface area contributed by atoms with Crippen LogP contribution >= 0.6 is 0 Å². The van der Waals surface area contributed by atoms with Gasteiger partial charge in [-0.3, -0.25) is 9.59 Å². The van der Waals surface area contributed by atoms with Gasteiger partial charge >= 0.3 is 0 Å². The molecule has 0 aromatic carbocycles. The largest absolute Gasteiger partial charge is 0.385 e. The maximum Gasteiger partial charge on any atom is 0.274 e. The molecule has 3 aromatic heterocycles. The Morgan fingerprint density at radius 3 is 2.91 bits per heavy atom. The van der Waals surface area contributed by atoms with Crippen LogP contribution < -0.4 is 21.5 Å². The predicted molar refractivity (Wildman–Crippen MR) is 119 cm³/mol. The molecule has 1 aliphatic heterocycles. The topological polar surface area (TPSA) is 115 Å². The monoisotopic (exact) mass is 453 g/mol. The molecule has 3 aromatic rings. The number of ether oxygens (including phenoxy) is 1. The first kappa shape index (κ1) is 20.2. The standard InChI is InChI=1S/C22H24FN7O3/c1-24-15-9-18(28-30-17(10-25-20(15)30)21(31)27-14-8-12(14)23)26-13-3-2-5-29(22(13)32)16-7-11-4-6-33-19(11)16/h2-3,5,9-12,14,16,19,24H,4,6-8H2,1H3,(H,26,28)(H,27,31)/t11-,12-,14+,16-,19-/m0/s1. The van der Waals surface area contributed by atoms with Crippen molar-refractivity contribution >= 4 is 28.7 Å². The number of halogens is 1. The second-order valence-electron chi connectivity index (χ2n) is 8.85. The number of amides is 1. The van der Waals surface area contributed by atoms with E-state index in [1.54, 1.807) is 29.9 Å². The number of fused-ring (bicyclic) bond motifs is 2. The summed E-state index contributed by atoms with van der Waals surface area (Å²) in [6.45, 7) is 0.753. The first-order chi connectivity index (χ1) is 16.0. The smallest absolute Gasteiger partial charge is 0.274 e. The molecular formula is C22H24FN7O3. The van der Waals surface area contributed by atoms with E-state index >= 15 is 0 Å². The van der Waals surface area contributed by atoms with Gasteiger partial charge in [0.1, 0.15) is 11.9 Å². The Bertz CT molecular complexity index is 1300. The van der Waals surface area contributed by atoms with Crippen LogP contribution in [0.15, 0.2) is 35.4 Å². The maximum atomic E-state index is 13.2. The fraction of sp³-hybridized carbons (Fsp3) is 0.455. The normalized spacial score (nSPS) is 27.6. The number of alkyl halides is 1. The minimum absolute atomic E-state index is 0.0424. The Hall–Kier alpha value is -3.47. The van der Waals surface area contributed by atoms with E-state index in [0.29, 0.717) is 35.2 Å². The second kappa shape index (κ2) is 7.55. The lowest BCUT2D eigenvalue weighted by atomic mass is 9.76. The van der Waals surface area contributed by atoms with Gasteiger partial charge in [0, 0.05) is 32.3 Å².